The van der Waals surface area contributed by atoms with Crippen molar-refractivity contribution in [3.05, 3.63) is 130 Å². The number of carbonyl (C=O) groups excluding carboxylic acids is 2. The van der Waals surface area contributed by atoms with E-state index in [1.165, 1.54) is 16.2 Å². The molecule has 2 heterocycles. The molecule has 38 heavy (non-hydrogen) atoms. The summed E-state index contributed by atoms with van der Waals surface area (Å²) in [6, 6.07) is 29.1. The molecule has 0 aliphatic carbocycles. The SMILES string of the molecule is Cc1nc(-c2ccccc2)sc1C(=O)C1=C(O)C(=O)N(c2ccc(Cl)cc2)C1c1cccc2ccccc12. The summed E-state index contributed by atoms with van der Waals surface area (Å²) in [5, 5.41) is 14.3. The maximum atomic E-state index is 14.2. The smallest absolute Gasteiger partial charge is 0.294 e. The highest BCUT2D eigenvalue weighted by atomic mass is 35.5. The summed E-state index contributed by atoms with van der Waals surface area (Å²) in [4.78, 5) is 34.3. The fraction of sp³-hybridized carbons (Fsp3) is 0.0645. The minimum Gasteiger partial charge on any atom is -0.503 e. The van der Waals surface area contributed by atoms with E-state index in [0.717, 1.165) is 21.9 Å². The Labute approximate surface area is 228 Å². The summed E-state index contributed by atoms with van der Waals surface area (Å²) >= 11 is 7.38. The van der Waals surface area contributed by atoms with Gasteiger partial charge in [-0.2, -0.15) is 0 Å². The molecular formula is C31H21ClN2O3S. The van der Waals surface area contributed by atoms with Crippen LogP contribution in [0.4, 0.5) is 5.69 Å². The lowest BCUT2D eigenvalue weighted by Crippen LogP contribution is -2.31. The average molecular weight is 537 g/mol. The number of fused-ring (bicyclic) bond motifs is 1. The molecule has 1 aliphatic heterocycles. The number of ketones is 1. The van der Waals surface area contributed by atoms with Crippen molar-refractivity contribution < 1.29 is 14.7 Å². The Kier molecular flexibility index (Phi) is 6.06. The van der Waals surface area contributed by atoms with E-state index < -0.39 is 23.5 Å². The first kappa shape index (κ1) is 24.1. The van der Waals surface area contributed by atoms with Crippen molar-refractivity contribution in [3.8, 4) is 10.6 Å². The van der Waals surface area contributed by atoms with Crippen molar-refractivity contribution in [2.24, 2.45) is 0 Å². The van der Waals surface area contributed by atoms with Crippen LogP contribution in [0.5, 0.6) is 0 Å². The topological polar surface area (TPSA) is 70.5 Å². The Bertz CT molecular complexity index is 1740. The molecule has 186 valence electrons. The third-order valence-electron chi connectivity index (χ3n) is 6.70. The summed E-state index contributed by atoms with van der Waals surface area (Å²) < 4.78 is 0. The van der Waals surface area contributed by atoms with Crippen LogP contribution >= 0.6 is 22.9 Å². The van der Waals surface area contributed by atoms with Gasteiger partial charge in [-0.15, -0.1) is 11.3 Å². The number of amides is 1. The zero-order valence-corrected chi connectivity index (χ0v) is 21.8. The van der Waals surface area contributed by atoms with Crippen LogP contribution in [0.1, 0.15) is 27.0 Å². The maximum absolute atomic E-state index is 14.2. The highest BCUT2D eigenvalue weighted by Gasteiger charge is 2.45. The van der Waals surface area contributed by atoms with E-state index in [-0.39, 0.29) is 5.57 Å². The Morgan fingerprint density at radius 1 is 0.921 bits per heavy atom. The van der Waals surface area contributed by atoms with E-state index in [2.05, 4.69) is 4.98 Å². The van der Waals surface area contributed by atoms with E-state index in [0.29, 0.717) is 26.3 Å². The predicted molar refractivity (Wildman–Crippen MR) is 152 cm³/mol. The molecule has 0 bridgehead atoms. The number of aromatic nitrogens is 1. The molecule has 5 aromatic rings. The normalized spacial score (nSPS) is 15.5. The number of hydrogen-bond donors (Lipinski definition) is 1. The number of nitrogens with zero attached hydrogens (tertiary/aromatic N) is 2. The molecule has 1 amide bonds. The molecule has 1 atom stereocenters. The molecule has 1 N–H and O–H groups in total. The van der Waals surface area contributed by atoms with E-state index in [9.17, 15) is 14.7 Å². The lowest BCUT2D eigenvalue weighted by molar-refractivity contribution is -0.117. The number of aliphatic hydroxyl groups excluding tert-OH is 1. The molecule has 1 aliphatic rings. The second kappa shape index (κ2) is 9.56. The van der Waals surface area contributed by atoms with Gasteiger partial charge in [0.1, 0.15) is 5.01 Å². The van der Waals surface area contributed by atoms with Crippen molar-refractivity contribution in [2.75, 3.05) is 4.90 Å². The largest absolute Gasteiger partial charge is 0.503 e. The lowest BCUT2D eigenvalue weighted by Gasteiger charge is -2.28. The van der Waals surface area contributed by atoms with Crippen LogP contribution < -0.4 is 4.90 Å². The van der Waals surface area contributed by atoms with Crippen LogP contribution in [0, 0.1) is 6.92 Å². The van der Waals surface area contributed by atoms with Crippen molar-refractivity contribution >= 4 is 51.1 Å². The zero-order chi connectivity index (χ0) is 26.4. The van der Waals surface area contributed by atoms with E-state index in [1.807, 2.05) is 72.8 Å². The van der Waals surface area contributed by atoms with Crippen LogP contribution in [-0.4, -0.2) is 21.8 Å². The van der Waals surface area contributed by atoms with Gasteiger partial charge in [0.2, 0.25) is 5.78 Å². The van der Waals surface area contributed by atoms with Gasteiger partial charge in [0.25, 0.3) is 5.91 Å². The lowest BCUT2D eigenvalue weighted by atomic mass is 9.91. The fourth-order valence-electron chi connectivity index (χ4n) is 4.92. The molecule has 0 spiro atoms. The first-order valence-electron chi connectivity index (χ1n) is 12.0. The quantitative estimate of drug-likeness (QED) is 0.233. The minimum atomic E-state index is -0.844. The van der Waals surface area contributed by atoms with Crippen LogP contribution in [0.2, 0.25) is 5.02 Å². The number of carbonyl (C=O) groups is 2. The predicted octanol–water partition coefficient (Wildman–Crippen LogP) is 7.71. The van der Waals surface area contributed by atoms with Gasteiger partial charge in [-0.25, -0.2) is 4.98 Å². The number of aliphatic hydroxyl groups is 1. The van der Waals surface area contributed by atoms with Gasteiger partial charge in [-0.05, 0) is 47.5 Å². The minimum absolute atomic E-state index is 0.0349. The summed E-state index contributed by atoms with van der Waals surface area (Å²) in [7, 11) is 0. The Balaban J connectivity index is 1.54. The van der Waals surface area contributed by atoms with E-state index in [1.54, 1.807) is 31.2 Å². The van der Waals surface area contributed by atoms with Gasteiger partial charge >= 0.3 is 0 Å². The van der Waals surface area contributed by atoms with Gasteiger partial charge in [-0.1, -0.05) is 84.4 Å². The fourth-order valence-corrected chi connectivity index (χ4v) is 6.07. The Hall–Kier alpha value is -4.26. The van der Waals surface area contributed by atoms with Crippen molar-refractivity contribution in [1.82, 2.24) is 4.98 Å². The number of rotatable bonds is 5. The third kappa shape index (κ3) is 3.99. The van der Waals surface area contributed by atoms with Crippen LogP contribution in [0.25, 0.3) is 21.3 Å². The maximum Gasteiger partial charge on any atom is 0.294 e. The number of thiazole rings is 1. The Morgan fingerprint density at radius 3 is 2.37 bits per heavy atom. The third-order valence-corrected chi connectivity index (χ3v) is 8.16. The Morgan fingerprint density at radius 2 is 1.61 bits per heavy atom. The second-order valence-corrected chi connectivity index (χ2v) is 10.4. The molecule has 0 radical (unpaired) electrons. The summed E-state index contributed by atoms with van der Waals surface area (Å²) in [5.74, 6) is -1.61. The zero-order valence-electron chi connectivity index (χ0n) is 20.3. The molecule has 6 rings (SSSR count). The summed E-state index contributed by atoms with van der Waals surface area (Å²) in [6.45, 7) is 1.77. The molecular weight excluding hydrogens is 516 g/mol. The van der Waals surface area contributed by atoms with E-state index >= 15 is 0 Å². The highest BCUT2D eigenvalue weighted by Crippen LogP contribution is 2.45. The van der Waals surface area contributed by atoms with Gasteiger partial charge in [-0.3, -0.25) is 14.5 Å². The number of hydrogen-bond acceptors (Lipinski definition) is 5. The van der Waals surface area contributed by atoms with Crippen molar-refractivity contribution in [3.63, 3.8) is 0 Å². The van der Waals surface area contributed by atoms with Gasteiger partial charge in [0.15, 0.2) is 5.76 Å². The summed E-state index contributed by atoms with van der Waals surface area (Å²) in [5.41, 5.74) is 2.75. The highest BCUT2D eigenvalue weighted by molar-refractivity contribution is 7.17. The number of benzene rings is 4. The number of aryl methyl sites for hydroxylation is 1. The van der Waals surface area contributed by atoms with Crippen molar-refractivity contribution in [2.45, 2.75) is 13.0 Å². The van der Waals surface area contributed by atoms with Crippen LogP contribution in [0.15, 0.2) is 108 Å². The number of anilines is 1. The monoisotopic (exact) mass is 536 g/mol. The van der Waals surface area contributed by atoms with Gasteiger partial charge in [0, 0.05) is 16.3 Å². The first-order chi connectivity index (χ1) is 18.4. The number of halogens is 1. The average Bonchev–Trinajstić information content (AvgIpc) is 3.46. The molecule has 0 saturated heterocycles. The van der Waals surface area contributed by atoms with Gasteiger partial charge < -0.3 is 5.11 Å². The summed E-state index contributed by atoms with van der Waals surface area (Å²) in [6.07, 6.45) is 0. The molecule has 1 unspecified atom stereocenters. The van der Waals surface area contributed by atoms with Crippen molar-refractivity contribution in [1.29, 1.82) is 0 Å². The molecule has 0 saturated carbocycles. The molecule has 4 aromatic carbocycles. The molecule has 7 heteroatoms. The molecule has 0 fully saturated rings. The molecule has 5 nitrogen and oxygen atoms in total. The van der Waals surface area contributed by atoms with E-state index in [4.69, 9.17) is 11.6 Å². The number of Topliss-reactive ketones (excluding diaryl/α,β-unsaturated/α-hetero) is 1. The van der Waals surface area contributed by atoms with Crippen LogP contribution in [-0.2, 0) is 4.79 Å². The van der Waals surface area contributed by atoms with Gasteiger partial charge in [0.05, 0.1) is 22.2 Å². The van der Waals surface area contributed by atoms with Crippen LogP contribution in [0.3, 0.4) is 0 Å². The molecule has 1 aromatic heterocycles. The first-order valence-corrected chi connectivity index (χ1v) is 13.2. The second-order valence-electron chi connectivity index (χ2n) is 9.01. The standard InChI is InChI=1S/C31H21ClN2O3S/c1-18-29(38-30(33-18)20-9-3-2-4-10-20)27(35)25-26(24-13-7-11-19-8-5-6-12-23(19)24)34(31(37)28(25)36)22-16-14-21(32)15-17-22/h2-17,26,36H,1H3.